The van der Waals surface area contributed by atoms with E-state index in [0.717, 1.165) is 10.9 Å². The Kier molecular flexibility index (Phi) is 4.38. The molecule has 3 rings (SSSR count). The Bertz CT molecular complexity index is 900. The molecule has 0 N–H and O–H groups in total. The van der Waals surface area contributed by atoms with Crippen LogP contribution >= 0.6 is 0 Å². The van der Waals surface area contributed by atoms with E-state index in [0.29, 0.717) is 11.1 Å². The number of fused-ring (bicyclic) bond motifs is 1. The monoisotopic (exact) mass is 319 g/mol. The van der Waals surface area contributed by atoms with Crippen LogP contribution in [0.2, 0.25) is 0 Å². The van der Waals surface area contributed by atoms with Gasteiger partial charge in [0.05, 0.1) is 5.52 Å². The summed E-state index contributed by atoms with van der Waals surface area (Å²) in [5.41, 5.74) is 2.49. The summed E-state index contributed by atoms with van der Waals surface area (Å²) in [6.07, 6.45) is -0.867. The number of Topliss-reactive ketones (excluding diaryl/α,β-unsaturated/α-hetero) is 1. The van der Waals surface area contributed by atoms with Crippen molar-refractivity contribution in [1.29, 1.82) is 0 Å². The van der Waals surface area contributed by atoms with E-state index in [-0.39, 0.29) is 11.5 Å². The molecule has 0 fully saturated rings. The van der Waals surface area contributed by atoms with E-state index in [4.69, 9.17) is 4.74 Å². The number of aromatic nitrogens is 1. The number of esters is 1. The summed E-state index contributed by atoms with van der Waals surface area (Å²) in [5.74, 6) is -0.835. The fourth-order valence-electron chi connectivity index (χ4n) is 2.41. The second kappa shape index (κ2) is 6.62. The Morgan fingerprint density at radius 1 is 0.958 bits per heavy atom. The molecule has 0 aliphatic heterocycles. The minimum atomic E-state index is -0.867. The molecule has 1 aromatic heterocycles. The van der Waals surface area contributed by atoms with E-state index in [1.807, 2.05) is 49.4 Å². The van der Waals surface area contributed by atoms with Crippen LogP contribution in [0.25, 0.3) is 10.9 Å². The van der Waals surface area contributed by atoms with Crippen LogP contribution in [0.5, 0.6) is 0 Å². The van der Waals surface area contributed by atoms with Crippen molar-refractivity contribution >= 4 is 22.7 Å². The molecule has 0 aliphatic rings. The predicted octanol–water partition coefficient (Wildman–Crippen LogP) is 3.97. The van der Waals surface area contributed by atoms with E-state index in [2.05, 4.69) is 4.98 Å². The third kappa shape index (κ3) is 3.33. The van der Waals surface area contributed by atoms with Gasteiger partial charge in [-0.2, -0.15) is 0 Å². The van der Waals surface area contributed by atoms with Gasteiger partial charge in [0.15, 0.2) is 6.10 Å². The van der Waals surface area contributed by atoms with Crippen molar-refractivity contribution in [3.63, 3.8) is 0 Å². The Hall–Kier alpha value is -3.01. The van der Waals surface area contributed by atoms with Crippen LogP contribution in [0.15, 0.2) is 60.7 Å². The molecule has 0 aliphatic carbocycles. The summed E-state index contributed by atoms with van der Waals surface area (Å²) >= 11 is 0. The third-order valence-electron chi connectivity index (χ3n) is 3.80. The molecule has 1 heterocycles. The Balaban J connectivity index is 1.75. The summed E-state index contributed by atoms with van der Waals surface area (Å²) in [6, 6.07) is 18.1. The van der Waals surface area contributed by atoms with Crippen molar-refractivity contribution in [2.45, 2.75) is 20.0 Å². The zero-order valence-electron chi connectivity index (χ0n) is 13.5. The number of carbonyl (C=O) groups is 2. The lowest BCUT2D eigenvalue weighted by molar-refractivity contribution is 0.0313. The van der Waals surface area contributed by atoms with Gasteiger partial charge >= 0.3 is 5.97 Å². The van der Waals surface area contributed by atoms with Gasteiger partial charge in [0.1, 0.15) is 5.69 Å². The number of ketones is 1. The third-order valence-corrected chi connectivity index (χ3v) is 3.80. The van der Waals surface area contributed by atoms with Gasteiger partial charge in [-0.15, -0.1) is 0 Å². The number of hydrogen-bond acceptors (Lipinski definition) is 4. The number of benzene rings is 2. The molecule has 0 saturated carbocycles. The fourth-order valence-corrected chi connectivity index (χ4v) is 2.41. The van der Waals surface area contributed by atoms with Crippen molar-refractivity contribution in [2.24, 2.45) is 0 Å². The van der Waals surface area contributed by atoms with Gasteiger partial charge in [0, 0.05) is 10.9 Å². The maximum atomic E-state index is 12.3. The Labute approximate surface area is 140 Å². The Morgan fingerprint density at radius 2 is 1.67 bits per heavy atom. The first kappa shape index (κ1) is 15.9. The van der Waals surface area contributed by atoms with E-state index in [1.165, 1.54) is 0 Å². The lowest BCUT2D eigenvalue weighted by Gasteiger charge is -2.12. The topological polar surface area (TPSA) is 56.3 Å². The summed E-state index contributed by atoms with van der Waals surface area (Å²) in [6.45, 7) is 3.52. The van der Waals surface area contributed by atoms with Crippen molar-refractivity contribution in [2.75, 3.05) is 0 Å². The quantitative estimate of drug-likeness (QED) is 0.539. The minimum Gasteiger partial charge on any atom is -0.450 e. The molecule has 0 radical (unpaired) electrons. The maximum Gasteiger partial charge on any atom is 0.357 e. The standard InChI is InChI=1S/C20H17NO3/c1-13-7-9-16(10-8-13)19(22)14(2)24-20(23)18-12-11-15-5-3-4-6-17(15)21-18/h3-12,14H,1-2H3/t14-/m1/s1. The van der Waals surface area contributed by atoms with Gasteiger partial charge in [-0.25, -0.2) is 9.78 Å². The summed E-state index contributed by atoms with van der Waals surface area (Å²) in [4.78, 5) is 28.9. The van der Waals surface area contributed by atoms with Gasteiger partial charge in [-0.05, 0) is 26.0 Å². The van der Waals surface area contributed by atoms with Crippen molar-refractivity contribution in [1.82, 2.24) is 4.98 Å². The summed E-state index contributed by atoms with van der Waals surface area (Å²) < 4.78 is 5.28. The highest BCUT2D eigenvalue weighted by Crippen LogP contribution is 2.14. The highest BCUT2D eigenvalue weighted by molar-refractivity contribution is 6.01. The normalized spacial score (nSPS) is 11.9. The van der Waals surface area contributed by atoms with Crippen LogP contribution in [0, 0.1) is 6.92 Å². The number of pyridine rings is 1. The second-order valence-electron chi connectivity index (χ2n) is 5.67. The Morgan fingerprint density at radius 3 is 2.42 bits per heavy atom. The number of para-hydroxylation sites is 1. The molecule has 2 aromatic carbocycles. The second-order valence-corrected chi connectivity index (χ2v) is 5.67. The van der Waals surface area contributed by atoms with Crippen LogP contribution in [0.3, 0.4) is 0 Å². The molecule has 1 atom stereocenters. The number of rotatable bonds is 4. The average molecular weight is 319 g/mol. The molecule has 3 aromatic rings. The molecule has 0 spiro atoms. The molecule has 120 valence electrons. The predicted molar refractivity (Wildman–Crippen MR) is 92.1 cm³/mol. The van der Waals surface area contributed by atoms with E-state index in [9.17, 15) is 9.59 Å². The molecule has 24 heavy (non-hydrogen) atoms. The van der Waals surface area contributed by atoms with Gasteiger partial charge in [0.25, 0.3) is 0 Å². The zero-order valence-corrected chi connectivity index (χ0v) is 13.5. The molecule has 0 unspecified atom stereocenters. The number of carbonyl (C=O) groups excluding carboxylic acids is 2. The number of ether oxygens (including phenoxy) is 1. The maximum absolute atomic E-state index is 12.3. The van der Waals surface area contributed by atoms with E-state index >= 15 is 0 Å². The first-order chi connectivity index (χ1) is 11.5. The van der Waals surface area contributed by atoms with Gasteiger partial charge < -0.3 is 4.74 Å². The van der Waals surface area contributed by atoms with Crippen LogP contribution < -0.4 is 0 Å². The SMILES string of the molecule is Cc1ccc(C(=O)[C@@H](C)OC(=O)c2ccc3ccccc3n2)cc1. The van der Waals surface area contributed by atoms with Crippen LogP contribution in [-0.2, 0) is 4.74 Å². The number of hydrogen-bond donors (Lipinski definition) is 0. The average Bonchev–Trinajstić information content (AvgIpc) is 2.61. The van der Waals surface area contributed by atoms with E-state index < -0.39 is 12.1 Å². The number of nitrogens with zero attached hydrogens (tertiary/aromatic N) is 1. The zero-order chi connectivity index (χ0) is 17.1. The largest absolute Gasteiger partial charge is 0.450 e. The lowest BCUT2D eigenvalue weighted by atomic mass is 10.1. The molecule has 4 nitrogen and oxygen atoms in total. The fraction of sp³-hybridized carbons (Fsp3) is 0.150. The summed E-state index contributed by atoms with van der Waals surface area (Å²) in [5, 5.41) is 0.942. The van der Waals surface area contributed by atoms with Crippen molar-refractivity contribution in [3.8, 4) is 0 Å². The van der Waals surface area contributed by atoms with Gasteiger partial charge in [0.2, 0.25) is 5.78 Å². The van der Waals surface area contributed by atoms with Crippen LogP contribution in [0.1, 0.15) is 33.3 Å². The van der Waals surface area contributed by atoms with Gasteiger partial charge in [-0.3, -0.25) is 4.79 Å². The van der Waals surface area contributed by atoms with E-state index in [1.54, 1.807) is 25.1 Å². The highest BCUT2D eigenvalue weighted by atomic mass is 16.5. The molecule has 0 saturated heterocycles. The van der Waals surface area contributed by atoms with Crippen LogP contribution in [-0.4, -0.2) is 22.8 Å². The van der Waals surface area contributed by atoms with Crippen molar-refractivity contribution < 1.29 is 14.3 Å². The molecule has 0 amide bonds. The summed E-state index contributed by atoms with van der Waals surface area (Å²) in [7, 11) is 0. The first-order valence-electron chi connectivity index (χ1n) is 7.72. The molecule has 4 heteroatoms. The molecular formula is C20H17NO3. The minimum absolute atomic E-state index is 0.192. The van der Waals surface area contributed by atoms with Gasteiger partial charge in [-0.1, -0.05) is 54.1 Å². The number of aryl methyl sites for hydroxylation is 1. The first-order valence-corrected chi connectivity index (χ1v) is 7.72. The lowest BCUT2D eigenvalue weighted by Crippen LogP contribution is -2.24. The molecule has 0 bridgehead atoms. The smallest absolute Gasteiger partial charge is 0.357 e. The van der Waals surface area contributed by atoms with Crippen LogP contribution in [0.4, 0.5) is 0 Å². The molecular weight excluding hydrogens is 302 g/mol. The van der Waals surface area contributed by atoms with Crippen molar-refractivity contribution in [3.05, 3.63) is 77.5 Å². The highest BCUT2D eigenvalue weighted by Gasteiger charge is 2.21.